The Bertz CT molecular complexity index is 601. The van der Waals surface area contributed by atoms with E-state index in [9.17, 15) is 9.59 Å². The molecule has 1 aromatic rings. The molecule has 1 aromatic carbocycles. The summed E-state index contributed by atoms with van der Waals surface area (Å²) in [6.07, 6.45) is 3.11. The van der Waals surface area contributed by atoms with E-state index in [1.54, 1.807) is 4.90 Å². The van der Waals surface area contributed by atoms with Crippen molar-refractivity contribution in [2.45, 2.75) is 50.9 Å². The minimum atomic E-state index is -0.855. The molecule has 6 nitrogen and oxygen atoms in total. The Morgan fingerprint density at radius 1 is 1.32 bits per heavy atom. The molecule has 0 bridgehead atoms. The van der Waals surface area contributed by atoms with Crippen LogP contribution >= 0.6 is 0 Å². The number of benzene rings is 1. The molecular formula is C19H26N2O4. The van der Waals surface area contributed by atoms with Crippen molar-refractivity contribution in [3.63, 3.8) is 0 Å². The predicted molar refractivity (Wildman–Crippen MR) is 93.0 cm³/mol. The standard InChI is InChI=1S/C19H26N2O4/c1-19(17(22)20-13-16-9-5-12-24-16)10-6-11-21(19)18(23)25-14-15-7-3-2-4-8-15/h2-4,7-8,16H,5-6,9-14H2,1H3,(H,20,22). The van der Waals surface area contributed by atoms with Gasteiger partial charge in [0.05, 0.1) is 6.10 Å². The molecule has 0 spiro atoms. The third kappa shape index (κ3) is 4.12. The lowest BCUT2D eigenvalue weighted by Gasteiger charge is -2.33. The van der Waals surface area contributed by atoms with Crippen LogP contribution in [0.25, 0.3) is 0 Å². The van der Waals surface area contributed by atoms with Gasteiger partial charge in [0.2, 0.25) is 5.91 Å². The molecule has 0 aromatic heterocycles. The number of hydrogen-bond donors (Lipinski definition) is 1. The largest absolute Gasteiger partial charge is 0.445 e. The monoisotopic (exact) mass is 346 g/mol. The highest BCUT2D eigenvalue weighted by molar-refractivity contribution is 5.90. The third-order valence-corrected chi connectivity index (χ3v) is 5.07. The number of amides is 2. The lowest BCUT2D eigenvalue weighted by Crippen LogP contribution is -2.56. The van der Waals surface area contributed by atoms with Crippen molar-refractivity contribution >= 4 is 12.0 Å². The van der Waals surface area contributed by atoms with Crippen LogP contribution in [-0.4, -0.2) is 48.2 Å². The van der Waals surface area contributed by atoms with Crippen LogP contribution in [0.2, 0.25) is 0 Å². The highest BCUT2D eigenvalue weighted by Gasteiger charge is 2.46. The van der Waals surface area contributed by atoms with Gasteiger partial charge in [-0.15, -0.1) is 0 Å². The Morgan fingerprint density at radius 2 is 2.12 bits per heavy atom. The fraction of sp³-hybridized carbons (Fsp3) is 0.579. The summed E-state index contributed by atoms with van der Waals surface area (Å²) < 4.78 is 11.0. The summed E-state index contributed by atoms with van der Waals surface area (Å²) in [6.45, 7) is 3.83. The summed E-state index contributed by atoms with van der Waals surface area (Å²) in [5.41, 5.74) is 0.0754. The van der Waals surface area contributed by atoms with Crippen LogP contribution in [0.15, 0.2) is 30.3 Å². The van der Waals surface area contributed by atoms with E-state index in [4.69, 9.17) is 9.47 Å². The van der Waals surface area contributed by atoms with Gasteiger partial charge in [-0.2, -0.15) is 0 Å². The molecule has 2 aliphatic heterocycles. The van der Waals surface area contributed by atoms with E-state index in [2.05, 4.69) is 5.32 Å². The molecule has 2 aliphatic rings. The van der Waals surface area contributed by atoms with Crippen molar-refractivity contribution in [3.8, 4) is 0 Å². The van der Waals surface area contributed by atoms with E-state index in [1.807, 2.05) is 37.3 Å². The smallest absolute Gasteiger partial charge is 0.410 e. The quantitative estimate of drug-likeness (QED) is 0.889. The Labute approximate surface area is 148 Å². The first-order valence-electron chi connectivity index (χ1n) is 8.98. The Kier molecular flexibility index (Phi) is 5.58. The molecule has 0 radical (unpaired) electrons. The zero-order chi connectivity index (χ0) is 17.7. The van der Waals surface area contributed by atoms with Crippen LogP contribution in [0, 0.1) is 0 Å². The van der Waals surface area contributed by atoms with Crippen molar-refractivity contribution in [1.82, 2.24) is 10.2 Å². The predicted octanol–water partition coefficient (Wildman–Crippen LogP) is 2.47. The first-order chi connectivity index (χ1) is 12.1. The zero-order valence-corrected chi connectivity index (χ0v) is 14.7. The molecular weight excluding hydrogens is 320 g/mol. The molecule has 2 atom stereocenters. The number of hydrogen-bond acceptors (Lipinski definition) is 4. The Balaban J connectivity index is 1.55. The van der Waals surface area contributed by atoms with E-state index in [0.29, 0.717) is 19.5 Å². The average molecular weight is 346 g/mol. The Hall–Kier alpha value is -2.08. The van der Waals surface area contributed by atoms with Gasteiger partial charge in [0.25, 0.3) is 0 Å². The molecule has 2 unspecified atom stereocenters. The number of likely N-dealkylation sites (tertiary alicyclic amines) is 1. The zero-order valence-electron chi connectivity index (χ0n) is 14.7. The minimum absolute atomic E-state index is 0.0902. The number of nitrogens with zero attached hydrogens (tertiary/aromatic N) is 1. The minimum Gasteiger partial charge on any atom is -0.445 e. The van der Waals surface area contributed by atoms with E-state index < -0.39 is 11.6 Å². The summed E-state index contributed by atoms with van der Waals surface area (Å²) in [6, 6.07) is 9.54. The third-order valence-electron chi connectivity index (χ3n) is 5.07. The molecule has 2 saturated heterocycles. The van der Waals surface area contributed by atoms with Crippen LogP contribution in [0.1, 0.15) is 38.2 Å². The summed E-state index contributed by atoms with van der Waals surface area (Å²) >= 11 is 0. The van der Waals surface area contributed by atoms with E-state index in [-0.39, 0.29) is 18.6 Å². The fourth-order valence-electron chi connectivity index (χ4n) is 3.49. The van der Waals surface area contributed by atoms with Crippen LogP contribution in [0.3, 0.4) is 0 Å². The van der Waals surface area contributed by atoms with Gasteiger partial charge in [0.1, 0.15) is 12.1 Å². The maximum Gasteiger partial charge on any atom is 0.410 e. The van der Waals surface area contributed by atoms with E-state index in [0.717, 1.165) is 31.4 Å². The van der Waals surface area contributed by atoms with Crippen molar-refractivity contribution < 1.29 is 19.1 Å². The van der Waals surface area contributed by atoms with Crippen molar-refractivity contribution in [1.29, 1.82) is 0 Å². The molecule has 25 heavy (non-hydrogen) atoms. The van der Waals surface area contributed by atoms with Gasteiger partial charge < -0.3 is 14.8 Å². The molecule has 0 aliphatic carbocycles. The summed E-state index contributed by atoms with van der Waals surface area (Å²) in [5, 5.41) is 2.95. The highest BCUT2D eigenvalue weighted by atomic mass is 16.6. The van der Waals surface area contributed by atoms with Crippen LogP contribution in [0.5, 0.6) is 0 Å². The van der Waals surface area contributed by atoms with E-state index in [1.165, 1.54) is 0 Å². The molecule has 6 heteroatoms. The van der Waals surface area contributed by atoms with Crippen molar-refractivity contribution in [3.05, 3.63) is 35.9 Å². The second-order valence-electron chi connectivity index (χ2n) is 6.91. The second kappa shape index (κ2) is 7.87. The van der Waals surface area contributed by atoms with Gasteiger partial charge in [0.15, 0.2) is 0 Å². The number of ether oxygens (including phenoxy) is 2. The van der Waals surface area contributed by atoms with Gasteiger partial charge in [-0.1, -0.05) is 30.3 Å². The van der Waals surface area contributed by atoms with Gasteiger partial charge in [-0.05, 0) is 38.2 Å². The van der Waals surface area contributed by atoms with Crippen molar-refractivity contribution in [2.75, 3.05) is 19.7 Å². The van der Waals surface area contributed by atoms with Gasteiger partial charge >= 0.3 is 6.09 Å². The molecule has 3 rings (SSSR count). The maximum absolute atomic E-state index is 12.7. The lowest BCUT2D eigenvalue weighted by atomic mass is 9.98. The number of nitrogens with one attached hydrogen (secondary N) is 1. The maximum atomic E-state index is 12.7. The first kappa shape index (κ1) is 17.7. The highest BCUT2D eigenvalue weighted by Crippen LogP contribution is 2.30. The van der Waals surface area contributed by atoms with Gasteiger partial charge in [-0.3, -0.25) is 9.69 Å². The fourth-order valence-corrected chi connectivity index (χ4v) is 3.49. The van der Waals surface area contributed by atoms with Crippen LogP contribution < -0.4 is 5.32 Å². The molecule has 1 N–H and O–H groups in total. The van der Waals surface area contributed by atoms with Crippen LogP contribution in [-0.2, 0) is 20.9 Å². The molecule has 0 saturated carbocycles. The van der Waals surface area contributed by atoms with Gasteiger partial charge in [-0.25, -0.2) is 4.79 Å². The summed E-state index contributed by atoms with van der Waals surface area (Å²) in [7, 11) is 0. The van der Waals surface area contributed by atoms with E-state index >= 15 is 0 Å². The summed E-state index contributed by atoms with van der Waals surface area (Å²) in [5.74, 6) is -0.128. The SMILES string of the molecule is CC1(C(=O)NCC2CCCO2)CCCN1C(=O)OCc1ccccc1. The second-order valence-corrected chi connectivity index (χ2v) is 6.91. The molecule has 136 valence electrons. The van der Waals surface area contributed by atoms with Crippen LogP contribution in [0.4, 0.5) is 4.79 Å². The lowest BCUT2D eigenvalue weighted by molar-refractivity contribution is -0.130. The number of carbonyl (C=O) groups excluding carboxylic acids is 2. The first-order valence-corrected chi connectivity index (χ1v) is 8.98. The molecule has 2 heterocycles. The average Bonchev–Trinajstić information content (AvgIpc) is 3.28. The Morgan fingerprint density at radius 3 is 2.84 bits per heavy atom. The van der Waals surface area contributed by atoms with Gasteiger partial charge in [0, 0.05) is 19.7 Å². The number of rotatable bonds is 5. The normalized spacial score (nSPS) is 25.8. The topological polar surface area (TPSA) is 67.9 Å². The van der Waals surface area contributed by atoms with Crippen molar-refractivity contribution in [2.24, 2.45) is 0 Å². The number of carbonyl (C=O) groups is 2. The molecule has 2 amide bonds. The summed E-state index contributed by atoms with van der Waals surface area (Å²) in [4.78, 5) is 26.8. The molecule has 2 fully saturated rings.